The standard InChI is InChI=1S/C27H32N4O3/c32-25-27(19-28-13-11-23(27)12-14-28)34-26(33)31(25)20-29-15-17-30(18-16-29)24(21-7-3-1-4-8-21)22-9-5-2-6-10-22/h1-10,23-24H,11-20H2. The third-order valence-corrected chi connectivity index (χ3v) is 8.15. The lowest BCUT2D eigenvalue weighted by atomic mass is 9.75. The quantitative estimate of drug-likeness (QED) is 0.684. The Morgan fingerprint density at radius 1 is 0.824 bits per heavy atom. The van der Waals surface area contributed by atoms with Gasteiger partial charge in [0.2, 0.25) is 5.60 Å². The molecule has 0 aliphatic carbocycles. The van der Waals surface area contributed by atoms with Crippen LogP contribution in [0.4, 0.5) is 4.79 Å². The van der Waals surface area contributed by atoms with Crippen molar-refractivity contribution in [3.05, 3.63) is 71.8 Å². The maximum Gasteiger partial charge on any atom is 0.418 e. The molecule has 7 nitrogen and oxygen atoms in total. The first kappa shape index (κ1) is 21.8. The SMILES string of the molecule is O=C1OC2(CN3CCC2CC3)C(=O)N1CN1CCN(C(c2ccccc2)c2ccccc2)CC1. The second kappa shape index (κ2) is 8.80. The van der Waals surface area contributed by atoms with Gasteiger partial charge < -0.3 is 4.74 Å². The minimum Gasteiger partial charge on any atom is -0.431 e. The van der Waals surface area contributed by atoms with Gasteiger partial charge in [0, 0.05) is 38.6 Å². The van der Waals surface area contributed by atoms with Crippen LogP contribution in [-0.2, 0) is 9.53 Å². The van der Waals surface area contributed by atoms with Crippen molar-refractivity contribution in [3.8, 4) is 0 Å². The van der Waals surface area contributed by atoms with Crippen LogP contribution in [0.25, 0.3) is 0 Å². The molecule has 2 aromatic carbocycles. The molecule has 5 aliphatic heterocycles. The van der Waals surface area contributed by atoms with Crippen LogP contribution >= 0.6 is 0 Å². The van der Waals surface area contributed by atoms with Gasteiger partial charge in [-0.15, -0.1) is 0 Å². The number of hydrogen-bond donors (Lipinski definition) is 0. The van der Waals surface area contributed by atoms with Crippen molar-refractivity contribution in [2.75, 3.05) is 52.5 Å². The minimum absolute atomic E-state index is 0.124. The van der Waals surface area contributed by atoms with E-state index in [1.54, 1.807) is 0 Å². The number of fused-ring (bicyclic) bond motifs is 2. The first-order valence-corrected chi connectivity index (χ1v) is 12.5. The summed E-state index contributed by atoms with van der Waals surface area (Å²) in [6.45, 7) is 6.22. The van der Waals surface area contributed by atoms with Crippen molar-refractivity contribution in [3.63, 3.8) is 0 Å². The van der Waals surface area contributed by atoms with Crippen LogP contribution in [0.2, 0.25) is 0 Å². The predicted molar refractivity (Wildman–Crippen MR) is 128 cm³/mol. The van der Waals surface area contributed by atoms with Crippen molar-refractivity contribution in [2.45, 2.75) is 24.5 Å². The van der Waals surface area contributed by atoms with E-state index in [4.69, 9.17) is 4.74 Å². The summed E-state index contributed by atoms with van der Waals surface area (Å²) in [5.41, 5.74) is 1.62. The van der Waals surface area contributed by atoms with Gasteiger partial charge in [0.15, 0.2) is 0 Å². The molecule has 5 fully saturated rings. The van der Waals surface area contributed by atoms with Gasteiger partial charge in [-0.25, -0.2) is 9.69 Å². The summed E-state index contributed by atoms with van der Waals surface area (Å²) in [7, 11) is 0. The third kappa shape index (κ3) is 3.72. The van der Waals surface area contributed by atoms with Gasteiger partial charge in [0.05, 0.1) is 12.7 Å². The number of ether oxygens (including phenoxy) is 1. The molecule has 0 saturated carbocycles. The van der Waals surface area contributed by atoms with E-state index in [0.717, 1.165) is 52.1 Å². The largest absolute Gasteiger partial charge is 0.431 e. The molecule has 2 bridgehead atoms. The van der Waals surface area contributed by atoms with Gasteiger partial charge in [-0.2, -0.15) is 0 Å². The van der Waals surface area contributed by atoms with Crippen molar-refractivity contribution in [1.29, 1.82) is 0 Å². The Labute approximate surface area is 200 Å². The Morgan fingerprint density at radius 3 is 1.94 bits per heavy atom. The molecule has 5 saturated heterocycles. The molecule has 5 aliphatic rings. The Morgan fingerprint density at radius 2 is 1.41 bits per heavy atom. The number of imide groups is 1. The van der Waals surface area contributed by atoms with Crippen LogP contribution in [0.3, 0.4) is 0 Å². The van der Waals surface area contributed by atoms with Gasteiger partial charge in [-0.1, -0.05) is 60.7 Å². The lowest BCUT2D eigenvalue weighted by Gasteiger charge is -2.48. The smallest absolute Gasteiger partial charge is 0.418 e. The lowest BCUT2D eigenvalue weighted by molar-refractivity contribution is -0.154. The number of carbonyl (C=O) groups is 2. The number of piperazine rings is 1. The normalized spacial score (nSPS) is 29.9. The van der Waals surface area contributed by atoms with E-state index >= 15 is 0 Å². The average molecular weight is 461 g/mol. The molecule has 34 heavy (non-hydrogen) atoms. The minimum atomic E-state index is -0.943. The number of amides is 2. The molecule has 0 radical (unpaired) electrons. The molecule has 7 rings (SSSR count). The fraction of sp³-hybridized carbons (Fsp3) is 0.481. The molecule has 5 heterocycles. The first-order chi connectivity index (χ1) is 16.6. The Bertz CT molecular complexity index is 993. The van der Waals surface area contributed by atoms with Crippen molar-refractivity contribution >= 4 is 12.0 Å². The molecule has 178 valence electrons. The number of benzene rings is 2. The fourth-order valence-electron chi connectivity index (χ4n) is 6.31. The lowest BCUT2D eigenvalue weighted by Crippen LogP contribution is -2.63. The summed E-state index contributed by atoms with van der Waals surface area (Å²) in [4.78, 5) is 34.5. The van der Waals surface area contributed by atoms with Crippen molar-refractivity contribution < 1.29 is 14.3 Å². The van der Waals surface area contributed by atoms with E-state index in [0.29, 0.717) is 13.2 Å². The summed E-state index contributed by atoms with van der Waals surface area (Å²) < 4.78 is 5.82. The highest BCUT2D eigenvalue weighted by atomic mass is 16.6. The average Bonchev–Trinajstić information content (AvgIpc) is 3.11. The molecule has 0 aromatic heterocycles. The van der Waals surface area contributed by atoms with Crippen LogP contribution in [0.15, 0.2) is 60.7 Å². The van der Waals surface area contributed by atoms with E-state index in [1.165, 1.54) is 16.0 Å². The van der Waals surface area contributed by atoms with Gasteiger partial charge in [0.25, 0.3) is 5.91 Å². The Hall–Kier alpha value is -2.74. The summed E-state index contributed by atoms with van der Waals surface area (Å²) in [5.74, 6) is 0.0362. The van der Waals surface area contributed by atoms with Crippen LogP contribution in [0.1, 0.15) is 30.0 Å². The number of carbonyl (C=O) groups excluding carboxylic acids is 2. The zero-order chi connectivity index (χ0) is 23.1. The maximum absolute atomic E-state index is 13.4. The second-order valence-electron chi connectivity index (χ2n) is 10.1. The van der Waals surface area contributed by atoms with Crippen molar-refractivity contribution in [1.82, 2.24) is 19.6 Å². The molecule has 2 aromatic rings. The topological polar surface area (TPSA) is 56.3 Å². The summed E-state index contributed by atoms with van der Waals surface area (Å²) >= 11 is 0. The van der Waals surface area contributed by atoms with Crippen LogP contribution in [0, 0.1) is 5.92 Å². The molecule has 0 N–H and O–H groups in total. The van der Waals surface area contributed by atoms with E-state index < -0.39 is 11.7 Å². The molecule has 1 spiro atoms. The third-order valence-electron chi connectivity index (χ3n) is 8.15. The number of rotatable bonds is 5. The molecule has 2 amide bonds. The van der Waals surface area contributed by atoms with Crippen LogP contribution in [0.5, 0.6) is 0 Å². The van der Waals surface area contributed by atoms with Gasteiger partial charge in [-0.3, -0.25) is 19.5 Å². The van der Waals surface area contributed by atoms with Crippen LogP contribution < -0.4 is 0 Å². The second-order valence-corrected chi connectivity index (χ2v) is 10.1. The van der Waals surface area contributed by atoms with Gasteiger partial charge in [-0.05, 0) is 37.1 Å². The summed E-state index contributed by atoms with van der Waals surface area (Å²) in [6.07, 6.45) is 1.41. The van der Waals surface area contributed by atoms with E-state index in [2.05, 4.69) is 75.4 Å². The molecular weight excluding hydrogens is 428 g/mol. The molecule has 7 heteroatoms. The number of nitrogens with zero attached hydrogens (tertiary/aromatic N) is 4. The number of piperidine rings is 3. The van der Waals surface area contributed by atoms with E-state index in [9.17, 15) is 9.59 Å². The highest BCUT2D eigenvalue weighted by Crippen LogP contribution is 2.43. The zero-order valence-corrected chi connectivity index (χ0v) is 19.5. The van der Waals surface area contributed by atoms with Crippen LogP contribution in [-0.4, -0.2) is 89.7 Å². The highest BCUT2D eigenvalue weighted by molar-refractivity contribution is 6.03. The maximum atomic E-state index is 13.4. The number of hydrogen-bond acceptors (Lipinski definition) is 6. The molecular formula is C27H32N4O3. The summed E-state index contributed by atoms with van der Waals surface area (Å²) in [5, 5.41) is 0. The zero-order valence-electron chi connectivity index (χ0n) is 19.5. The highest BCUT2D eigenvalue weighted by Gasteiger charge is 2.62. The Balaban J connectivity index is 1.13. The molecule has 1 unspecified atom stereocenters. The first-order valence-electron chi connectivity index (χ1n) is 12.5. The van der Waals surface area contributed by atoms with E-state index in [1.807, 2.05) is 0 Å². The predicted octanol–water partition coefficient (Wildman–Crippen LogP) is 2.79. The summed E-state index contributed by atoms with van der Waals surface area (Å²) in [6, 6.07) is 21.4. The monoisotopic (exact) mass is 460 g/mol. The Kier molecular flexibility index (Phi) is 5.63. The van der Waals surface area contributed by atoms with Gasteiger partial charge >= 0.3 is 6.09 Å². The van der Waals surface area contributed by atoms with Crippen molar-refractivity contribution in [2.24, 2.45) is 5.92 Å². The molecule has 1 atom stereocenters. The van der Waals surface area contributed by atoms with Gasteiger partial charge in [0.1, 0.15) is 0 Å². The van der Waals surface area contributed by atoms with E-state index in [-0.39, 0.29) is 17.9 Å². The fourth-order valence-corrected chi connectivity index (χ4v) is 6.31.